The second kappa shape index (κ2) is 9.59. The minimum absolute atomic E-state index is 0.0743. The van der Waals surface area contributed by atoms with Crippen LogP contribution in [-0.2, 0) is 9.59 Å². The molecule has 1 aromatic rings. The smallest absolute Gasteiger partial charge is 0.305 e. The number of thiocarbonyl (C=S) groups is 1. The number of ether oxygens (including phenoxy) is 2. The number of carboxylic acids is 1. The molecule has 0 saturated carbocycles. The quantitative estimate of drug-likeness (QED) is 0.389. The van der Waals surface area contributed by atoms with Crippen molar-refractivity contribution < 1.29 is 24.2 Å². The van der Waals surface area contributed by atoms with Gasteiger partial charge in [0.1, 0.15) is 4.32 Å². The minimum Gasteiger partial charge on any atom is -0.493 e. The van der Waals surface area contributed by atoms with Crippen LogP contribution >= 0.6 is 24.0 Å². The van der Waals surface area contributed by atoms with Gasteiger partial charge >= 0.3 is 5.97 Å². The topological polar surface area (TPSA) is 76.1 Å². The highest BCUT2D eigenvalue weighted by molar-refractivity contribution is 8.26. The van der Waals surface area contributed by atoms with Crippen LogP contribution in [0.1, 0.15) is 31.7 Å². The number of carboxylic acid groups (broad SMARTS) is 1. The largest absolute Gasteiger partial charge is 0.493 e. The van der Waals surface area contributed by atoms with E-state index in [1.54, 1.807) is 19.3 Å². The van der Waals surface area contributed by atoms with Gasteiger partial charge in [0, 0.05) is 6.54 Å². The Hall–Kier alpha value is -2.06. The first-order valence-electron chi connectivity index (χ1n) is 8.24. The van der Waals surface area contributed by atoms with Gasteiger partial charge < -0.3 is 14.6 Å². The van der Waals surface area contributed by atoms with Crippen LogP contribution in [0.4, 0.5) is 0 Å². The van der Waals surface area contributed by atoms with E-state index in [2.05, 4.69) is 6.92 Å². The van der Waals surface area contributed by atoms with Crippen molar-refractivity contribution in [2.24, 2.45) is 0 Å². The lowest BCUT2D eigenvalue weighted by molar-refractivity contribution is -0.137. The first-order chi connectivity index (χ1) is 12.5. The van der Waals surface area contributed by atoms with Crippen LogP contribution in [0, 0.1) is 0 Å². The van der Waals surface area contributed by atoms with Gasteiger partial charge in [-0.3, -0.25) is 14.5 Å². The lowest BCUT2D eigenvalue weighted by Crippen LogP contribution is -2.30. The van der Waals surface area contributed by atoms with E-state index in [1.165, 1.54) is 16.7 Å². The molecule has 1 saturated heterocycles. The molecule has 6 nitrogen and oxygen atoms in total. The maximum absolute atomic E-state index is 12.4. The van der Waals surface area contributed by atoms with Gasteiger partial charge in [-0.15, -0.1) is 0 Å². The molecule has 1 aromatic carbocycles. The Morgan fingerprint density at radius 2 is 2.15 bits per heavy atom. The van der Waals surface area contributed by atoms with E-state index in [9.17, 15) is 9.59 Å². The van der Waals surface area contributed by atoms with Gasteiger partial charge in [0.25, 0.3) is 5.91 Å². The number of benzene rings is 1. The molecule has 0 aliphatic carbocycles. The predicted molar refractivity (Wildman–Crippen MR) is 106 cm³/mol. The lowest BCUT2D eigenvalue weighted by Gasteiger charge is -2.12. The first-order valence-corrected chi connectivity index (χ1v) is 9.46. The summed E-state index contributed by atoms with van der Waals surface area (Å²) in [4.78, 5) is 24.9. The molecule has 1 fully saturated rings. The number of carbonyl (C=O) groups is 2. The summed E-state index contributed by atoms with van der Waals surface area (Å²) in [6.07, 6.45) is 3.59. The number of unbranched alkanes of at least 4 members (excludes halogenated alkanes) is 1. The van der Waals surface area contributed by atoms with Crippen LogP contribution in [0.15, 0.2) is 23.1 Å². The summed E-state index contributed by atoms with van der Waals surface area (Å²) in [5.41, 5.74) is 0.781. The van der Waals surface area contributed by atoms with Crippen LogP contribution < -0.4 is 9.47 Å². The van der Waals surface area contributed by atoms with Crippen molar-refractivity contribution in [1.82, 2.24) is 4.90 Å². The molecule has 1 N–H and O–H groups in total. The van der Waals surface area contributed by atoms with Crippen LogP contribution in [-0.4, -0.2) is 46.5 Å². The Balaban J connectivity index is 2.14. The number of hydrogen-bond donors (Lipinski definition) is 1. The molecule has 0 bridgehead atoms. The van der Waals surface area contributed by atoms with E-state index in [1.807, 2.05) is 12.1 Å². The molecule has 1 aliphatic heterocycles. The molecule has 0 aromatic heterocycles. The van der Waals surface area contributed by atoms with E-state index in [-0.39, 0.29) is 18.9 Å². The highest BCUT2D eigenvalue weighted by atomic mass is 32.2. The molecule has 0 atom stereocenters. The summed E-state index contributed by atoms with van der Waals surface area (Å²) in [7, 11) is 1.57. The zero-order valence-corrected chi connectivity index (χ0v) is 16.3. The number of thioether (sulfide) groups is 1. The number of amides is 1. The Labute approximate surface area is 162 Å². The van der Waals surface area contributed by atoms with E-state index in [0.29, 0.717) is 27.3 Å². The maximum Gasteiger partial charge on any atom is 0.305 e. The molecule has 0 radical (unpaired) electrons. The Morgan fingerprint density at radius 3 is 2.81 bits per heavy atom. The van der Waals surface area contributed by atoms with E-state index < -0.39 is 5.97 Å². The Bertz CT molecular complexity index is 732. The average Bonchev–Trinajstić information content (AvgIpc) is 2.87. The third kappa shape index (κ3) is 5.22. The highest BCUT2D eigenvalue weighted by Gasteiger charge is 2.32. The molecule has 1 heterocycles. The first kappa shape index (κ1) is 20.3. The van der Waals surface area contributed by atoms with Gasteiger partial charge in [-0.2, -0.15) is 0 Å². The van der Waals surface area contributed by atoms with Crippen LogP contribution in [0.25, 0.3) is 6.08 Å². The Morgan fingerprint density at radius 1 is 1.38 bits per heavy atom. The summed E-state index contributed by atoms with van der Waals surface area (Å²) in [5, 5.41) is 8.78. The highest BCUT2D eigenvalue weighted by Crippen LogP contribution is 2.34. The molecule has 1 amide bonds. The van der Waals surface area contributed by atoms with Crippen molar-refractivity contribution in [3.05, 3.63) is 28.7 Å². The minimum atomic E-state index is -0.966. The molecule has 0 unspecified atom stereocenters. The van der Waals surface area contributed by atoms with Crippen molar-refractivity contribution in [1.29, 1.82) is 0 Å². The second-order valence-corrected chi connectivity index (χ2v) is 7.27. The fourth-order valence-corrected chi connectivity index (χ4v) is 3.58. The van der Waals surface area contributed by atoms with Gasteiger partial charge in [-0.1, -0.05) is 43.4 Å². The molecule has 0 spiro atoms. The van der Waals surface area contributed by atoms with Crippen LogP contribution in [0.5, 0.6) is 11.5 Å². The SMILES string of the molecule is CCCCOc1ccc(C=C2SC(=S)N(CCC(=O)O)C2=O)cc1OC. The van der Waals surface area contributed by atoms with Gasteiger partial charge in [-0.05, 0) is 30.2 Å². The fourth-order valence-electron chi connectivity index (χ4n) is 2.27. The summed E-state index contributed by atoms with van der Waals surface area (Å²) in [5.74, 6) is 0.0123. The monoisotopic (exact) mass is 395 g/mol. The van der Waals surface area contributed by atoms with E-state index in [0.717, 1.165) is 18.4 Å². The zero-order chi connectivity index (χ0) is 19.1. The maximum atomic E-state index is 12.4. The predicted octanol–water partition coefficient (Wildman–Crippen LogP) is 3.55. The number of nitrogens with zero attached hydrogens (tertiary/aromatic N) is 1. The van der Waals surface area contributed by atoms with Gasteiger partial charge in [-0.25, -0.2) is 0 Å². The van der Waals surface area contributed by atoms with E-state index in [4.69, 9.17) is 26.8 Å². The molecule has 2 rings (SSSR count). The number of rotatable bonds is 9. The van der Waals surface area contributed by atoms with Crippen molar-refractivity contribution in [3.8, 4) is 11.5 Å². The van der Waals surface area contributed by atoms with Crippen molar-refractivity contribution in [3.63, 3.8) is 0 Å². The molecular formula is C18H21NO5S2. The zero-order valence-electron chi connectivity index (χ0n) is 14.7. The van der Waals surface area contributed by atoms with Crippen LogP contribution in [0.2, 0.25) is 0 Å². The van der Waals surface area contributed by atoms with Crippen LogP contribution in [0.3, 0.4) is 0 Å². The molecule has 26 heavy (non-hydrogen) atoms. The average molecular weight is 396 g/mol. The van der Waals surface area contributed by atoms with Gasteiger partial charge in [0.15, 0.2) is 11.5 Å². The summed E-state index contributed by atoms with van der Waals surface area (Å²) in [6, 6.07) is 5.45. The lowest BCUT2D eigenvalue weighted by atomic mass is 10.2. The molecule has 8 heteroatoms. The van der Waals surface area contributed by atoms with Gasteiger partial charge in [0.05, 0.1) is 25.0 Å². The van der Waals surface area contributed by atoms with Crippen molar-refractivity contribution >= 4 is 46.3 Å². The standard InChI is InChI=1S/C18H21NO5S2/c1-3-4-9-24-13-6-5-12(10-14(13)23-2)11-15-17(22)19(18(25)26-15)8-7-16(20)21/h5-6,10-11H,3-4,7-9H2,1-2H3,(H,20,21). The fraction of sp³-hybridized carbons (Fsp3) is 0.389. The second-order valence-electron chi connectivity index (χ2n) is 5.59. The number of carbonyl (C=O) groups excluding carboxylic acids is 1. The van der Waals surface area contributed by atoms with E-state index >= 15 is 0 Å². The third-order valence-electron chi connectivity index (χ3n) is 3.66. The number of methoxy groups -OCH3 is 1. The third-order valence-corrected chi connectivity index (χ3v) is 5.04. The summed E-state index contributed by atoms with van der Waals surface area (Å²) in [6.45, 7) is 2.79. The number of hydrogen-bond acceptors (Lipinski definition) is 6. The van der Waals surface area contributed by atoms with Crippen molar-refractivity contribution in [2.75, 3.05) is 20.3 Å². The molecule has 1 aliphatic rings. The van der Waals surface area contributed by atoms with Gasteiger partial charge in [0.2, 0.25) is 0 Å². The molecule has 140 valence electrons. The van der Waals surface area contributed by atoms with Crippen molar-refractivity contribution in [2.45, 2.75) is 26.2 Å². The normalized spacial score (nSPS) is 15.6. The Kier molecular flexibility index (Phi) is 7.47. The summed E-state index contributed by atoms with van der Waals surface area (Å²) < 4.78 is 11.4. The molecular weight excluding hydrogens is 374 g/mol. The number of aliphatic carboxylic acids is 1. The summed E-state index contributed by atoms with van der Waals surface area (Å²) >= 11 is 6.35.